The first-order chi connectivity index (χ1) is 8.68. The predicted molar refractivity (Wildman–Crippen MR) is 79.5 cm³/mol. The van der Waals surface area contributed by atoms with E-state index in [-0.39, 0.29) is 10.3 Å². The van der Waals surface area contributed by atoms with Crippen LogP contribution in [0.1, 0.15) is 27.7 Å². The van der Waals surface area contributed by atoms with E-state index >= 15 is 0 Å². The van der Waals surface area contributed by atoms with Crippen molar-refractivity contribution in [2.45, 2.75) is 44.1 Å². The Morgan fingerprint density at radius 3 is 1.79 bits per heavy atom. The lowest BCUT2D eigenvalue weighted by Crippen LogP contribution is -2.41. The minimum Gasteiger partial charge on any atom is -0.399 e. The van der Waals surface area contributed by atoms with E-state index in [0.717, 1.165) is 0 Å². The summed E-state index contributed by atoms with van der Waals surface area (Å²) in [6, 6.07) is 0. The molecular weight excluding hydrogens is 306 g/mol. The third-order valence-corrected chi connectivity index (χ3v) is 4.63. The van der Waals surface area contributed by atoms with Crippen molar-refractivity contribution >= 4 is 47.5 Å². The summed E-state index contributed by atoms with van der Waals surface area (Å²) in [6.07, 6.45) is 1.86. The van der Waals surface area contributed by atoms with Gasteiger partial charge in [0.1, 0.15) is 10.3 Å². The van der Waals surface area contributed by atoms with Crippen molar-refractivity contribution in [3.8, 4) is 0 Å². The van der Waals surface area contributed by atoms with E-state index in [0.29, 0.717) is 10.6 Å². The van der Waals surface area contributed by atoms with E-state index in [9.17, 15) is 0 Å². The van der Waals surface area contributed by atoms with Gasteiger partial charge in [0.15, 0.2) is 5.16 Å². The van der Waals surface area contributed by atoms with Gasteiger partial charge in [-0.15, -0.1) is 0 Å². The van der Waals surface area contributed by atoms with E-state index in [4.69, 9.17) is 32.5 Å². The molecule has 1 aromatic heterocycles. The average molecular weight is 321 g/mol. The number of rotatable bonds is 2. The molecule has 8 heteroatoms. The Bertz CT molecular complexity index is 474. The molecule has 19 heavy (non-hydrogen) atoms. The van der Waals surface area contributed by atoms with Gasteiger partial charge in [0.05, 0.1) is 16.7 Å². The van der Waals surface area contributed by atoms with Crippen molar-refractivity contribution in [2.24, 2.45) is 0 Å². The molecule has 0 amide bonds. The summed E-state index contributed by atoms with van der Waals surface area (Å²) >= 11 is 13.7. The molecule has 1 aromatic rings. The summed E-state index contributed by atoms with van der Waals surface area (Å²) in [6.45, 7) is 7.86. The highest BCUT2D eigenvalue weighted by atomic mass is 35.5. The smallest absolute Gasteiger partial charge is 0.399 e. The predicted octanol–water partition coefficient (Wildman–Crippen LogP) is 2.80. The summed E-state index contributed by atoms with van der Waals surface area (Å²) < 4.78 is 11.8. The van der Waals surface area contributed by atoms with Crippen LogP contribution < -0.4 is 5.46 Å². The normalized spacial score (nSPS) is 20.9. The second-order valence-electron chi connectivity index (χ2n) is 5.29. The van der Waals surface area contributed by atoms with Crippen LogP contribution in [0.3, 0.4) is 0 Å². The zero-order valence-corrected chi connectivity index (χ0v) is 13.8. The Kier molecular flexibility index (Phi) is 4.11. The number of halogens is 2. The van der Waals surface area contributed by atoms with Crippen molar-refractivity contribution in [3.05, 3.63) is 10.3 Å². The molecule has 1 aliphatic heterocycles. The molecule has 0 unspecified atom stereocenters. The minimum atomic E-state index is -0.652. The highest BCUT2D eigenvalue weighted by Crippen LogP contribution is 2.37. The van der Waals surface area contributed by atoms with Gasteiger partial charge >= 0.3 is 7.12 Å². The first-order valence-electron chi connectivity index (χ1n) is 5.80. The molecule has 2 rings (SSSR count). The van der Waals surface area contributed by atoms with E-state index in [1.54, 1.807) is 0 Å². The summed E-state index contributed by atoms with van der Waals surface area (Å²) in [5, 5.41) is 1.06. The number of hydrogen-bond donors (Lipinski definition) is 0. The van der Waals surface area contributed by atoms with E-state index in [1.165, 1.54) is 11.8 Å². The zero-order valence-electron chi connectivity index (χ0n) is 11.5. The van der Waals surface area contributed by atoms with Gasteiger partial charge in [-0.05, 0) is 34.0 Å². The van der Waals surface area contributed by atoms with Crippen LogP contribution in [0.5, 0.6) is 0 Å². The molecule has 2 heterocycles. The Hall–Kier alpha value is -0.00506. The number of aromatic nitrogens is 2. The fourth-order valence-corrected chi connectivity index (χ4v) is 2.68. The fraction of sp³-hybridized carbons (Fsp3) is 0.636. The highest BCUT2D eigenvalue weighted by molar-refractivity contribution is 7.98. The van der Waals surface area contributed by atoms with Gasteiger partial charge in [-0.25, -0.2) is 9.97 Å². The average Bonchev–Trinajstić information content (AvgIpc) is 2.46. The van der Waals surface area contributed by atoms with E-state index in [1.807, 2.05) is 34.0 Å². The quantitative estimate of drug-likeness (QED) is 0.363. The monoisotopic (exact) mass is 320 g/mol. The fourth-order valence-electron chi connectivity index (χ4n) is 1.65. The summed E-state index contributed by atoms with van der Waals surface area (Å²) in [4.78, 5) is 8.33. The molecule has 0 aromatic carbocycles. The zero-order chi connectivity index (χ0) is 14.4. The SMILES string of the molecule is CSc1nc(Cl)c(B2OC(C)(C)C(C)(C)O2)c(Cl)n1. The van der Waals surface area contributed by atoms with E-state index < -0.39 is 18.3 Å². The van der Waals surface area contributed by atoms with Crippen LogP contribution in [-0.4, -0.2) is 34.5 Å². The first kappa shape index (κ1) is 15.4. The maximum atomic E-state index is 6.17. The third-order valence-electron chi connectivity index (χ3n) is 3.50. The molecule has 4 nitrogen and oxygen atoms in total. The Morgan fingerprint density at radius 1 is 1.00 bits per heavy atom. The van der Waals surface area contributed by atoms with Crippen molar-refractivity contribution in [1.82, 2.24) is 9.97 Å². The molecule has 1 aliphatic rings. The second-order valence-corrected chi connectivity index (χ2v) is 6.78. The lowest BCUT2D eigenvalue weighted by Gasteiger charge is -2.32. The Morgan fingerprint density at radius 2 is 1.42 bits per heavy atom. The van der Waals surface area contributed by atoms with Crippen molar-refractivity contribution in [3.63, 3.8) is 0 Å². The molecular formula is C11H15BCl2N2O2S. The minimum absolute atomic E-state index is 0.267. The van der Waals surface area contributed by atoms with Crippen molar-refractivity contribution in [1.29, 1.82) is 0 Å². The van der Waals surface area contributed by atoms with Crippen LogP contribution in [0.25, 0.3) is 0 Å². The summed E-state index contributed by atoms with van der Waals surface area (Å²) in [7, 11) is -0.652. The molecule has 104 valence electrons. The number of nitrogens with zero attached hydrogens (tertiary/aromatic N) is 2. The van der Waals surface area contributed by atoms with Crippen LogP contribution in [0.15, 0.2) is 5.16 Å². The summed E-state index contributed by atoms with van der Waals surface area (Å²) in [5.74, 6) is 0. The molecule has 1 fully saturated rings. The molecule has 0 N–H and O–H groups in total. The van der Waals surface area contributed by atoms with Gasteiger partial charge in [0.2, 0.25) is 0 Å². The highest BCUT2D eigenvalue weighted by Gasteiger charge is 2.53. The standard InChI is InChI=1S/C11H15BCl2N2O2S/c1-10(2)11(3,4)18-12(17-10)6-7(13)15-9(19-5)16-8(6)14/h1-5H3. The van der Waals surface area contributed by atoms with Gasteiger partial charge in [0.25, 0.3) is 0 Å². The van der Waals surface area contributed by atoms with Gasteiger partial charge in [-0.2, -0.15) is 0 Å². The van der Waals surface area contributed by atoms with Crippen LogP contribution in [0, 0.1) is 0 Å². The summed E-state index contributed by atoms with van der Waals surface area (Å²) in [5.41, 5.74) is -0.426. The van der Waals surface area contributed by atoms with Gasteiger partial charge < -0.3 is 9.31 Å². The van der Waals surface area contributed by atoms with Crippen LogP contribution in [0.4, 0.5) is 0 Å². The van der Waals surface area contributed by atoms with E-state index in [2.05, 4.69) is 9.97 Å². The number of hydrogen-bond acceptors (Lipinski definition) is 5. The van der Waals surface area contributed by atoms with Crippen LogP contribution in [0.2, 0.25) is 10.3 Å². The Labute approximate surface area is 127 Å². The molecule has 0 saturated carbocycles. The molecule has 0 radical (unpaired) electrons. The molecule has 0 atom stereocenters. The third kappa shape index (κ3) is 2.74. The maximum absolute atomic E-state index is 6.17. The van der Waals surface area contributed by atoms with Gasteiger partial charge in [-0.3, -0.25) is 0 Å². The molecule has 0 spiro atoms. The molecule has 0 aliphatic carbocycles. The molecule has 1 saturated heterocycles. The van der Waals surface area contributed by atoms with Crippen LogP contribution in [-0.2, 0) is 9.31 Å². The second kappa shape index (κ2) is 5.08. The Balaban J connectivity index is 2.40. The lowest BCUT2D eigenvalue weighted by atomic mass is 9.81. The number of thioether (sulfide) groups is 1. The van der Waals surface area contributed by atoms with Crippen molar-refractivity contribution in [2.75, 3.05) is 6.26 Å². The largest absolute Gasteiger partial charge is 0.501 e. The molecule has 0 bridgehead atoms. The maximum Gasteiger partial charge on any atom is 0.501 e. The lowest BCUT2D eigenvalue weighted by molar-refractivity contribution is 0.00578. The van der Waals surface area contributed by atoms with Gasteiger partial charge in [-0.1, -0.05) is 35.0 Å². The van der Waals surface area contributed by atoms with Crippen LogP contribution >= 0.6 is 35.0 Å². The van der Waals surface area contributed by atoms with Gasteiger partial charge in [0, 0.05) is 0 Å². The topological polar surface area (TPSA) is 44.2 Å². The van der Waals surface area contributed by atoms with Crippen molar-refractivity contribution < 1.29 is 9.31 Å². The first-order valence-corrected chi connectivity index (χ1v) is 7.78.